The average molecular weight is 178 g/mol. The van der Waals surface area contributed by atoms with Crippen molar-refractivity contribution in [1.29, 1.82) is 0 Å². The van der Waals surface area contributed by atoms with Crippen molar-refractivity contribution in [2.24, 2.45) is 0 Å². The average Bonchev–Trinajstić information content (AvgIpc) is 1.88. The molecule has 1 atom stereocenters. The number of hydrogen-bond donors (Lipinski definition) is 1. The Balaban J connectivity index is 2.89. The molecule has 0 amide bonds. The summed E-state index contributed by atoms with van der Waals surface area (Å²) in [5, 5.41) is 9.19. The molecule has 1 N–H and O–H groups in total. The Kier molecular flexibility index (Phi) is 2.49. The second-order valence-corrected chi connectivity index (χ2v) is 2.55. The largest absolute Gasteiger partial charge is 0.373 e. The highest BCUT2D eigenvalue weighted by Gasteiger charge is 2.01. The lowest BCUT2D eigenvalue weighted by Crippen LogP contribution is -1.87. The van der Waals surface area contributed by atoms with Crippen LogP contribution in [0.1, 0.15) is 11.1 Å². The van der Waals surface area contributed by atoms with Crippen LogP contribution < -0.4 is 0 Å². The number of alkyl halides is 1. The lowest BCUT2D eigenvalue weighted by molar-refractivity contribution is 0.262. The van der Waals surface area contributed by atoms with Gasteiger partial charge in [0.1, 0.15) is 5.15 Å². The van der Waals surface area contributed by atoms with Gasteiger partial charge in [-0.2, -0.15) is 0 Å². The van der Waals surface area contributed by atoms with Gasteiger partial charge in [0.25, 0.3) is 0 Å². The summed E-state index contributed by atoms with van der Waals surface area (Å²) in [7, 11) is 0. The van der Waals surface area contributed by atoms with E-state index >= 15 is 0 Å². The third-order valence-electron chi connectivity index (χ3n) is 1.03. The van der Waals surface area contributed by atoms with E-state index in [0.29, 0.717) is 10.7 Å². The zero-order chi connectivity index (χ0) is 7.56. The number of hydrogen-bond acceptors (Lipinski definition) is 2. The van der Waals surface area contributed by atoms with Crippen molar-refractivity contribution in [3.05, 3.63) is 29.0 Å². The van der Waals surface area contributed by atoms with Gasteiger partial charge in [-0.1, -0.05) is 29.3 Å². The summed E-state index contributed by atoms with van der Waals surface area (Å²) in [6.07, 6.45) is 1.43. The number of rotatable bonds is 1. The minimum absolute atomic E-state index is 0.390. The van der Waals surface area contributed by atoms with Crippen molar-refractivity contribution >= 4 is 23.2 Å². The van der Waals surface area contributed by atoms with Gasteiger partial charge >= 0.3 is 0 Å². The molecule has 0 aliphatic carbocycles. The quantitative estimate of drug-likeness (QED) is 0.526. The normalized spacial score (nSPS) is 13.1. The zero-order valence-electron chi connectivity index (χ0n) is 4.96. The van der Waals surface area contributed by atoms with E-state index in [1.54, 1.807) is 12.1 Å². The summed E-state index contributed by atoms with van der Waals surface area (Å²) in [5.74, 6) is 0. The fourth-order valence-corrected chi connectivity index (χ4v) is 0.769. The van der Waals surface area contributed by atoms with E-state index < -0.39 is 5.56 Å². The molecule has 0 aromatic carbocycles. The van der Waals surface area contributed by atoms with Gasteiger partial charge in [-0.3, -0.25) is 0 Å². The predicted molar refractivity (Wildman–Crippen MR) is 40.1 cm³/mol. The summed E-state index contributed by atoms with van der Waals surface area (Å²) in [6, 6.07) is 3.19. The van der Waals surface area contributed by atoms with Gasteiger partial charge in [-0.25, -0.2) is 4.98 Å². The molecule has 54 valence electrons. The molecule has 2 nitrogen and oxygen atoms in total. The van der Waals surface area contributed by atoms with Gasteiger partial charge in [0.05, 0.1) is 0 Å². The topological polar surface area (TPSA) is 33.1 Å². The highest BCUT2D eigenvalue weighted by atomic mass is 35.5. The summed E-state index contributed by atoms with van der Waals surface area (Å²) in [5.41, 5.74) is -0.448. The molecule has 0 saturated heterocycles. The minimum atomic E-state index is -0.996. The lowest BCUT2D eigenvalue weighted by Gasteiger charge is -1.99. The maximum absolute atomic E-state index is 8.80. The molecule has 4 heteroatoms. The van der Waals surface area contributed by atoms with Crippen LogP contribution in [0.4, 0.5) is 0 Å². The monoisotopic (exact) mass is 177 g/mol. The molecule has 0 fully saturated rings. The van der Waals surface area contributed by atoms with Gasteiger partial charge in [0.2, 0.25) is 0 Å². The number of aromatic nitrogens is 1. The Labute approximate surface area is 68.4 Å². The lowest BCUT2D eigenvalue weighted by atomic mass is 10.3. The SMILES string of the molecule is OC(Cl)c1ccc(Cl)nc1. The van der Waals surface area contributed by atoms with Crippen LogP contribution in [0.2, 0.25) is 5.15 Å². The Morgan fingerprint density at radius 2 is 2.20 bits per heavy atom. The van der Waals surface area contributed by atoms with Gasteiger partial charge in [0.15, 0.2) is 5.56 Å². The van der Waals surface area contributed by atoms with Crippen molar-refractivity contribution in [3.63, 3.8) is 0 Å². The second kappa shape index (κ2) is 3.19. The van der Waals surface area contributed by atoms with Crippen LogP contribution in [0, 0.1) is 0 Å². The fourth-order valence-electron chi connectivity index (χ4n) is 0.528. The Morgan fingerprint density at radius 1 is 1.50 bits per heavy atom. The summed E-state index contributed by atoms with van der Waals surface area (Å²) < 4.78 is 0. The Bertz CT molecular complexity index is 209. The molecule has 1 aromatic heterocycles. The number of aliphatic hydroxyl groups is 1. The van der Waals surface area contributed by atoms with Crippen LogP contribution in [0.15, 0.2) is 18.3 Å². The molecule has 10 heavy (non-hydrogen) atoms. The van der Waals surface area contributed by atoms with E-state index in [1.807, 2.05) is 0 Å². The standard InChI is InChI=1S/C6H5Cl2NO/c7-5-2-1-4(3-9-5)6(8)10/h1-3,6,10H. The van der Waals surface area contributed by atoms with Gasteiger partial charge in [-0.15, -0.1) is 0 Å². The first-order valence-corrected chi connectivity index (χ1v) is 3.45. The maximum Gasteiger partial charge on any atom is 0.155 e. The van der Waals surface area contributed by atoms with Crippen LogP contribution in [0.25, 0.3) is 0 Å². The first-order chi connectivity index (χ1) is 4.70. The molecule has 0 aliphatic rings. The number of pyridine rings is 1. The van der Waals surface area contributed by atoms with Crippen LogP contribution in [0.3, 0.4) is 0 Å². The first kappa shape index (κ1) is 7.79. The summed E-state index contributed by atoms with van der Waals surface area (Å²) in [6.45, 7) is 0. The van der Waals surface area contributed by atoms with Crippen molar-refractivity contribution in [2.45, 2.75) is 5.56 Å². The van der Waals surface area contributed by atoms with Crippen LogP contribution >= 0.6 is 23.2 Å². The predicted octanol–water partition coefficient (Wildman–Crippen LogP) is 1.96. The van der Waals surface area contributed by atoms with Crippen molar-refractivity contribution in [2.75, 3.05) is 0 Å². The Hall–Kier alpha value is -0.310. The van der Waals surface area contributed by atoms with Gasteiger partial charge in [-0.05, 0) is 6.07 Å². The smallest absolute Gasteiger partial charge is 0.155 e. The van der Waals surface area contributed by atoms with Crippen molar-refractivity contribution in [3.8, 4) is 0 Å². The molecule has 1 unspecified atom stereocenters. The zero-order valence-corrected chi connectivity index (χ0v) is 6.47. The molecular weight excluding hydrogens is 173 g/mol. The van der Waals surface area contributed by atoms with E-state index in [9.17, 15) is 0 Å². The molecular formula is C6H5Cl2NO. The molecule has 0 bridgehead atoms. The molecule has 1 rings (SSSR count). The van der Waals surface area contributed by atoms with Crippen molar-refractivity contribution in [1.82, 2.24) is 4.98 Å². The third-order valence-corrected chi connectivity index (χ3v) is 1.50. The van der Waals surface area contributed by atoms with Gasteiger partial charge < -0.3 is 5.11 Å². The number of aliphatic hydroxyl groups excluding tert-OH is 1. The molecule has 1 heterocycles. The molecule has 0 aliphatic heterocycles. The molecule has 1 aromatic rings. The summed E-state index contributed by atoms with van der Waals surface area (Å²) >= 11 is 10.8. The van der Waals surface area contributed by atoms with E-state index in [0.717, 1.165) is 0 Å². The van der Waals surface area contributed by atoms with E-state index in [4.69, 9.17) is 28.3 Å². The molecule has 0 radical (unpaired) electrons. The Morgan fingerprint density at radius 3 is 2.60 bits per heavy atom. The first-order valence-electron chi connectivity index (χ1n) is 2.64. The minimum Gasteiger partial charge on any atom is -0.373 e. The number of halogens is 2. The molecule has 0 spiro atoms. The summed E-state index contributed by atoms with van der Waals surface area (Å²) in [4.78, 5) is 3.72. The van der Waals surface area contributed by atoms with Crippen LogP contribution in [-0.4, -0.2) is 10.1 Å². The fraction of sp³-hybridized carbons (Fsp3) is 0.167. The second-order valence-electron chi connectivity index (χ2n) is 1.75. The highest BCUT2D eigenvalue weighted by Crippen LogP contribution is 2.16. The van der Waals surface area contributed by atoms with Crippen LogP contribution in [-0.2, 0) is 0 Å². The van der Waals surface area contributed by atoms with Gasteiger partial charge in [0, 0.05) is 11.8 Å². The number of nitrogens with zero attached hydrogens (tertiary/aromatic N) is 1. The van der Waals surface area contributed by atoms with Crippen molar-refractivity contribution < 1.29 is 5.11 Å². The van der Waals surface area contributed by atoms with E-state index in [1.165, 1.54) is 6.20 Å². The maximum atomic E-state index is 8.80. The van der Waals surface area contributed by atoms with E-state index in [-0.39, 0.29) is 0 Å². The highest BCUT2D eigenvalue weighted by molar-refractivity contribution is 6.29. The molecule has 0 saturated carbocycles. The van der Waals surface area contributed by atoms with E-state index in [2.05, 4.69) is 4.98 Å². The van der Waals surface area contributed by atoms with Crippen LogP contribution in [0.5, 0.6) is 0 Å². The third kappa shape index (κ3) is 1.84.